The van der Waals surface area contributed by atoms with Crippen LogP contribution in [0.25, 0.3) is 0 Å². The highest BCUT2D eigenvalue weighted by Crippen LogP contribution is 2.27. The molecule has 3 heteroatoms. The summed E-state index contributed by atoms with van der Waals surface area (Å²) in [6.45, 7) is 6.29. The summed E-state index contributed by atoms with van der Waals surface area (Å²) >= 11 is 0. The predicted molar refractivity (Wildman–Crippen MR) is 76.1 cm³/mol. The molecular formula is C16H23NO2. The third-order valence-electron chi connectivity index (χ3n) is 4.16. The summed E-state index contributed by atoms with van der Waals surface area (Å²) in [7, 11) is 0. The molecule has 1 fully saturated rings. The molecule has 1 aromatic rings. The van der Waals surface area contributed by atoms with Crippen LogP contribution in [0.2, 0.25) is 0 Å². The first-order valence-corrected chi connectivity index (χ1v) is 7.08. The fourth-order valence-electron chi connectivity index (χ4n) is 2.64. The van der Waals surface area contributed by atoms with Crippen LogP contribution >= 0.6 is 0 Å². The van der Waals surface area contributed by atoms with Crippen LogP contribution in [0.1, 0.15) is 25.8 Å². The van der Waals surface area contributed by atoms with Crippen LogP contribution in [-0.4, -0.2) is 35.1 Å². The SMILES string of the molecule is CC(C)C1CN(C(CCc2ccccc2)C(=O)O)C1. The molecule has 1 aliphatic heterocycles. The molecule has 19 heavy (non-hydrogen) atoms. The number of aliphatic carboxylic acids is 1. The Balaban J connectivity index is 1.86. The molecule has 0 aliphatic carbocycles. The zero-order valence-electron chi connectivity index (χ0n) is 11.7. The molecule has 1 N–H and O–H groups in total. The van der Waals surface area contributed by atoms with Crippen LogP contribution in [0.15, 0.2) is 30.3 Å². The molecule has 0 bridgehead atoms. The van der Waals surface area contributed by atoms with Gasteiger partial charge >= 0.3 is 5.97 Å². The average Bonchev–Trinajstić information content (AvgIpc) is 2.32. The van der Waals surface area contributed by atoms with E-state index in [-0.39, 0.29) is 6.04 Å². The Kier molecular flexibility index (Phi) is 4.59. The lowest BCUT2D eigenvalue weighted by atomic mass is 9.86. The summed E-state index contributed by atoms with van der Waals surface area (Å²) < 4.78 is 0. The maximum Gasteiger partial charge on any atom is 0.320 e. The van der Waals surface area contributed by atoms with Gasteiger partial charge in [-0.05, 0) is 30.2 Å². The summed E-state index contributed by atoms with van der Waals surface area (Å²) in [5, 5.41) is 9.37. The Morgan fingerprint density at radius 2 is 1.95 bits per heavy atom. The highest BCUT2D eigenvalue weighted by molar-refractivity contribution is 5.73. The lowest BCUT2D eigenvalue weighted by molar-refractivity contribution is -0.147. The summed E-state index contributed by atoms with van der Waals surface area (Å²) in [5.74, 6) is 0.636. The number of likely N-dealkylation sites (tertiary alicyclic amines) is 1. The average molecular weight is 261 g/mol. The first-order valence-electron chi connectivity index (χ1n) is 7.08. The van der Waals surface area contributed by atoms with Gasteiger partial charge in [-0.25, -0.2) is 0 Å². The molecule has 1 heterocycles. The molecule has 2 rings (SSSR count). The van der Waals surface area contributed by atoms with Gasteiger partial charge in [-0.2, -0.15) is 0 Å². The van der Waals surface area contributed by atoms with Gasteiger partial charge in [0.25, 0.3) is 0 Å². The van der Waals surface area contributed by atoms with Crippen LogP contribution < -0.4 is 0 Å². The number of benzene rings is 1. The summed E-state index contributed by atoms with van der Waals surface area (Å²) in [6, 6.07) is 9.79. The van der Waals surface area contributed by atoms with Gasteiger partial charge in [0.15, 0.2) is 0 Å². The molecule has 1 saturated heterocycles. The van der Waals surface area contributed by atoms with Crippen molar-refractivity contribution in [1.82, 2.24) is 4.90 Å². The first kappa shape index (κ1) is 14.1. The Bertz CT molecular complexity index is 410. The van der Waals surface area contributed by atoms with Gasteiger partial charge in [-0.3, -0.25) is 9.69 Å². The van der Waals surface area contributed by atoms with Crippen molar-refractivity contribution in [3.8, 4) is 0 Å². The smallest absolute Gasteiger partial charge is 0.320 e. The number of carboxylic acids is 1. The van der Waals surface area contributed by atoms with E-state index in [0.717, 1.165) is 19.5 Å². The van der Waals surface area contributed by atoms with Crippen LogP contribution in [0, 0.1) is 11.8 Å². The number of hydrogen-bond acceptors (Lipinski definition) is 2. The lowest BCUT2D eigenvalue weighted by Gasteiger charge is -2.44. The van der Waals surface area contributed by atoms with Gasteiger partial charge in [-0.15, -0.1) is 0 Å². The van der Waals surface area contributed by atoms with Crippen molar-refractivity contribution < 1.29 is 9.90 Å². The van der Waals surface area contributed by atoms with E-state index in [1.54, 1.807) is 0 Å². The maximum atomic E-state index is 11.4. The van der Waals surface area contributed by atoms with Gasteiger partial charge in [0.1, 0.15) is 6.04 Å². The molecule has 1 aromatic carbocycles. The van der Waals surface area contributed by atoms with E-state index in [0.29, 0.717) is 18.3 Å². The summed E-state index contributed by atoms with van der Waals surface area (Å²) in [4.78, 5) is 13.5. The maximum absolute atomic E-state index is 11.4. The molecule has 0 spiro atoms. The van der Waals surface area contributed by atoms with Crippen molar-refractivity contribution in [2.45, 2.75) is 32.7 Å². The Hall–Kier alpha value is -1.35. The minimum atomic E-state index is -0.682. The Morgan fingerprint density at radius 1 is 1.32 bits per heavy atom. The van der Waals surface area contributed by atoms with Crippen molar-refractivity contribution in [3.63, 3.8) is 0 Å². The topological polar surface area (TPSA) is 40.5 Å². The van der Waals surface area contributed by atoms with E-state index in [9.17, 15) is 9.90 Å². The number of nitrogens with zero attached hydrogens (tertiary/aromatic N) is 1. The van der Waals surface area contributed by atoms with Crippen molar-refractivity contribution in [2.75, 3.05) is 13.1 Å². The largest absolute Gasteiger partial charge is 0.480 e. The quantitative estimate of drug-likeness (QED) is 0.856. The normalized spacial score (nSPS) is 18.3. The van der Waals surface area contributed by atoms with Gasteiger partial charge < -0.3 is 5.11 Å². The van der Waals surface area contributed by atoms with Crippen LogP contribution in [-0.2, 0) is 11.2 Å². The number of carboxylic acid groups (broad SMARTS) is 1. The second-order valence-electron chi connectivity index (χ2n) is 5.84. The number of carbonyl (C=O) groups is 1. The van der Waals surface area contributed by atoms with E-state index >= 15 is 0 Å². The van der Waals surface area contributed by atoms with E-state index in [1.165, 1.54) is 5.56 Å². The molecule has 1 aliphatic rings. The van der Waals surface area contributed by atoms with Crippen molar-refractivity contribution >= 4 is 5.97 Å². The molecule has 104 valence electrons. The monoisotopic (exact) mass is 261 g/mol. The second kappa shape index (κ2) is 6.20. The van der Waals surface area contributed by atoms with Crippen molar-refractivity contribution in [2.24, 2.45) is 11.8 Å². The zero-order valence-corrected chi connectivity index (χ0v) is 11.7. The van der Waals surface area contributed by atoms with Gasteiger partial charge in [0, 0.05) is 13.1 Å². The standard InChI is InChI=1S/C16H23NO2/c1-12(2)14-10-17(11-14)15(16(18)19)9-8-13-6-4-3-5-7-13/h3-7,12,14-15H,8-11H2,1-2H3,(H,18,19). The minimum absolute atomic E-state index is 0.324. The van der Waals surface area contributed by atoms with E-state index in [1.807, 2.05) is 18.2 Å². The molecule has 3 nitrogen and oxygen atoms in total. The number of aryl methyl sites for hydroxylation is 1. The summed E-state index contributed by atoms with van der Waals surface area (Å²) in [6.07, 6.45) is 1.53. The third-order valence-corrected chi connectivity index (χ3v) is 4.16. The number of rotatable bonds is 6. The van der Waals surface area contributed by atoms with E-state index in [4.69, 9.17) is 0 Å². The fraction of sp³-hybridized carbons (Fsp3) is 0.562. The fourth-order valence-corrected chi connectivity index (χ4v) is 2.64. The molecule has 0 aromatic heterocycles. The van der Waals surface area contributed by atoms with Gasteiger partial charge in [0.05, 0.1) is 0 Å². The molecule has 0 radical (unpaired) electrons. The van der Waals surface area contributed by atoms with Gasteiger partial charge in [-0.1, -0.05) is 44.2 Å². The molecule has 0 saturated carbocycles. The Morgan fingerprint density at radius 3 is 2.47 bits per heavy atom. The molecular weight excluding hydrogens is 238 g/mol. The minimum Gasteiger partial charge on any atom is -0.480 e. The van der Waals surface area contributed by atoms with E-state index < -0.39 is 5.97 Å². The highest BCUT2D eigenvalue weighted by Gasteiger charge is 2.36. The van der Waals surface area contributed by atoms with Crippen molar-refractivity contribution in [3.05, 3.63) is 35.9 Å². The third kappa shape index (κ3) is 3.57. The Labute approximate surface area is 115 Å². The molecule has 1 unspecified atom stereocenters. The molecule has 1 atom stereocenters. The van der Waals surface area contributed by atoms with Crippen molar-refractivity contribution in [1.29, 1.82) is 0 Å². The first-order chi connectivity index (χ1) is 9.08. The number of hydrogen-bond donors (Lipinski definition) is 1. The zero-order chi connectivity index (χ0) is 13.8. The van der Waals surface area contributed by atoms with Crippen LogP contribution in [0.4, 0.5) is 0 Å². The van der Waals surface area contributed by atoms with Crippen LogP contribution in [0.3, 0.4) is 0 Å². The van der Waals surface area contributed by atoms with E-state index in [2.05, 4.69) is 30.9 Å². The lowest BCUT2D eigenvalue weighted by Crippen LogP contribution is -2.56. The highest BCUT2D eigenvalue weighted by atomic mass is 16.4. The van der Waals surface area contributed by atoms with Gasteiger partial charge in [0.2, 0.25) is 0 Å². The molecule has 0 amide bonds. The summed E-state index contributed by atoms with van der Waals surface area (Å²) in [5.41, 5.74) is 1.22. The van der Waals surface area contributed by atoms with Crippen LogP contribution in [0.5, 0.6) is 0 Å². The second-order valence-corrected chi connectivity index (χ2v) is 5.84. The predicted octanol–water partition coefficient (Wildman–Crippen LogP) is 2.66.